The normalized spacial score (nSPS) is 13.7. The second-order valence-corrected chi connectivity index (χ2v) is 6.59. The zero-order valence-electron chi connectivity index (χ0n) is 15.3. The molecule has 1 aliphatic rings. The maximum atomic E-state index is 12.7. The van der Waals surface area contributed by atoms with Crippen LogP contribution in [0.5, 0.6) is 0 Å². The Balaban J connectivity index is 1.65. The van der Waals surface area contributed by atoms with E-state index >= 15 is 0 Å². The molecule has 2 N–H and O–H groups in total. The lowest BCUT2D eigenvalue weighted by Crippen LogP contribution is -2.38. The van der Waals surface area contributed by atoms with Crippen LogP contribution in [-0.2, 0) is 16.1 Å². The van der Waals surface area contributed by atoms with Gasteiger partial charge in [0.15, 0.2) is 0 Å². The van der Waals surface area contributed by atoms with Crippen LogP contribution in [0.4, 0.5) is 0 Å². The second-order valence-electron chi connectivity index (χ2n) is 6.59. The first-order valence-electron chi connectivity index (χ1n) is 9.09. The number of nitrogens with zero attached hydrogens (tertiary/aromatic N) is 3. The predicted octanol–water partition coefficient (Wildman–Crippen LogP) is 2.00. The average molecular weight is 364 g/mol. The lowest BCUT2D eigenvalue weighted by Gasteiger charge is -2.23. The summed E-state index contributed by atoms with van der Waals surface area (Å²) < 4.78 is 0. The van der Waals surface area contributed by atoms with Gasteiger partial charge >= 0.3 is 0 Å². The molecule has 0 fully saturated rings. The van der Waals surface area contributed by atoms with E-state index in [0.717, 1.165) is 23.3 Å². The molecule has 6 nitrogen and oxygen atoms in total. The van der Waals surface area contributed by atoms with Gasteiger partial charge in [-0.3, -0.25) is 14.5 Å². The minimum absolute atomic E-state index is 0.0682. The number of hydrogen-bond donors (Lipinski definition) is 1. The summed E-state index contributed by atoms with van der Waals surface area (Å²) in [5.74, 6) is -0.438. The third kappa shape index (κ3) is 5.49. The highest BCUT2D eigenvalue weighted by Gasteiger charge is 2.23. The third-order valence-corrected chi connectivity index (χ3v) is 4.48. The van der Waals surface area contributed by atoms with Crippen molar-refractivity contribution in [1.82, 2.24) is 9.91 Å². The molecule has 0 radical (unpaired) electrons. The van der Waals surface area contributed by atoms with E-state index in [1.165, 1.54) is 5.01 Å². The molecule has 140 valence electrons. The molecule has 2 amide bonds. The monoisotopic (exact) mass is 364 g/mol. The Morgan fingerprint density at radius 2 is 1.70 bits per heavy atom. The van der Waals surface area contributed by atoms with Gasteiger partial charge in [0.2, 0.25) is 5.91 Å². The fourth-order valence-corrected chi connectivity index (χ4v) is 3.07. The molecule has 0 aromatic heterocycles. The molecular formula is C21H24N4O2. The Morgan fingerprint density at radius 1 is 1.04 bits per heavy atom. The smallest absolute Gasteiger partial charge is 0.256 e. The van der Waals surface area contributed by atoms with E-state index < -0.39 is 0 Å². The number of benzene rings is 2. The van der Waals surface area contributed by atoms with Crippen molar-refractivity contribution in [2.75, 3.05) is 19.6 Å². The predicted molar refractivity (Wildman–Crippen MR) is 105 cm³/mol. The molecular weight excluding hydrogens is 340 g/mol. The Bertz CT molecular complexity index is 805. The minimum Gasteiger partial charge on any atom is -0.370 e. The topological polar surface area (TPSA) is 79.0 Å². The molecule has 2 aromatic rings. The summed E-state index contributed by atoms with van der Waals surface area (Å²) in [6, 6.07) is 19.8. The molecule has 0 bridgehead atoms. The number of amides is 2. The van der Waals surface area contributed by atoms with Crippen molar-refractivity contribution >= 4 is 17.5 Å². The molecule has 27 heavy (non-hydrogen) atoms. The van der Waals surface area contributed by atoms with Crippen LogP contribution in [0.25, 0.3) is 0 Å². The molecule has 2 aromatic carbocycles. The van der Waals surface area contributed by atoms with Gasteiger partial charge in [-0.1, -0.05) is 60.7 Å². The van der Waals surface area contributed by atoms with Crippen molar-refractivity contribution in [2.45, 2.75) is 19.4 Å². The highest BCUT2D eigenvalue weighted by Crippen LogP contribution is 2.14. The van der Waals surface area contributed by atoms with Gasteiger partial charge in [0.25, 0.3) is 5.91 Å². The van der Waals surface area contributed by atoms with E-state index in [4.69, 9.17) is 5.73 Å². The largest absolute Gasteiger partial charge is 0.370 e. The highest BCUT2D eigenvalue weighted by atomic mass is 16.2. The van der Waals surface area contributed by atoms with Crippen molar-refractivity contribution in [3.8, 4) is 0 Å². The van der Waals surface area contributed by atoms with Gasteiger partial charge in [-0.15, -0.1) is 0 Å². The SMILES string of the molecule is NC(=O)CCN(CC(=O)N1CCC(c2ccccc2)=N1)Cc1ccccc1. The fraction of sp³-hybridized carbons (Fsp3) is 0.286. The summed E-state index contributed by atoms with van der Waals surface area (Å²) in [6.45, 7) is 1.81. The first kappa shape index (κ1) is 18.8. The molecule has 0 saturated carbocycles. The lowest BCUT2D eigenvalue weighted by molar-refractivity contribution is -0.132. The Morgan fingerprint density at radius 3 is 2.37 bits per heavy atom. The van der Waals surface area contributed by atoms with E-state index in [1.54, 1.807) is 0 Å². The standard InChI is InChI=1S/C21H24N4O2/c22-20(26)12-13-24(15-17-7-3-1-4-8-17)16-21(27)25-14-11-19(23-25)18-9-5-2-6-10-18/h1-10H,11-16H2,(H2,22,26). The van der Waals surface area contributed by atoms with Gasteiger partial charge < -0.3 is 5.73 Å². The number of carbonyl (C=O) groups excluding carboxylic acids is 2. The minimum atomic E-state index is -0.369. The van der Waals surface area contributed by atoms with E-state index in [0.29, 0.717) is 19.6 Å². The zero-order valence-corrected chi connectivity index (χ0v) is 15.3. The van der Waals surface area contributed by atoms with Crippen LogP contribution in [0.2, 0.25) is 0 Å². The van der Waals surface area contributed by atoms with Crippen molar-refractivity contribution in [3.63, 3.8) is 0 Å². The number of nitrogens with two attached hydrogens (primary N) is 1. The van der Waals surface area contributed by atoms with Gasteiger partial charge in [0, 0.05) is 25.9 Å². The number of rotatable bonds is 8. The Hall–Kier alpha value is -2.99. The van der Waals surface area contributed by atoms with Gasteiger partial charge in [0.05, 0.1) is 18.8 Å². The van der Waals surface area contributed by atoms with Crippen LogP contribution < -0.4 is 5.73 Å². The van der Waals surface area contributed by atoms with E-state index in [2.05, 4.69) is 5.10 Å². The van der Waals surface area contributed by atoms with E-state index in [1.807, 2.05) is 65.6 Å². The number of primary amides is 1. The molecule has 0 saturated heterocycles. The molecule has 6 heteroatoms. The molecule has 1 aliphatic heterocycles. The summed E-state index contributed by atoms with van der Waals surface area (Å²) in [5, 5.41) is 6.03. The van der Waals surface area contributed by atoms with Crippen molar-refractivity contribution in [2.24, 2.45) is 10.8 Å². The van der Waals surface area contributed by atoms with E-state index in [9.17, 15) is 9.59 Å². The number of hydrazone groups is 1. The maximum absolute atomic E-state index is 12.7. The van der Waals surface area contributed by atoms with Crippen molar-refractivity contribution in [3.05, 3.63) is 71.8 Å². The van der Waals surface area contributed by atoms with Gasteiger partial charge in [-0.05, 0) is 11.1 Å². The summed E-state index contributed by atoms with van der Waals surface area (Å²) in [4.78, 5) is 25.8. The van der Waals surface area contributed by atoms with Crippen LogP contribution >= 0.6 is 0 Å². The van der Waals surface area contributed by atoms with E-state index in [-0.39, 0.29) is 24.8 Å². The molecule has 0 spiro atoms. The first-order chi connectivity index (χ1) is 13.1. The van der Waals surface area contributed by atoms with Crippen LogP contribution in [0.1, 0.15) is 24.0 Å². The maximum Gasteiger partial charge on any atom is 0.256 e. The molecule has 3 rings (SSSR count). The third-order valence-electron chi connectivity index (χ3n) is 4.48. The van der Waals surface area contributed by atoms with Crippen LogP contribution in [0.3, 0.4) is 0 Å². The summed E-state index contributed by atoms with van der Waals surface area (Å²) in [6.07, 6.45) is 0.967. The van der Waals surface area contributed by atoms with Crippen molar-refractivity contribution in [1.29, 1.82) is 0 Å². The van der Waals surface area contributed by atoms with Crippen molar-refractivity contribution < 1.29 is 9.59 Å². The average Bonchev–Trinajstić information content (AvgIpc) is 3.18. The molecule has 0 atom stereocenters. The zero-order chi connectivity index (χ0) is 19.1. The quantitative estimate of drug-likeness (QED) is 0.778. The van der Waals surface area contributed by atoms with Gasteiger partial charge in [-0.2, -0.15) is 5.10 Å². The fourth-order valence-electron chi connectivity index (χ4n) is 3.07. The molecule has 0 unspecified atom stereocenters. The van der Waals surface area contributed by atoms with Crippen LogP contribution in [0, 0.1) is 0 Å². The summed E-state index contributed by atoms with van der Waals surface area (Å²) in [5.41, 5.74) is 8.35. The van der Waals surface area contributed by atoms with Gasteiger partial charge in [-0.25, -0.2) is 5.01 Å². The highest BCUT2D eigenvalue weighted by molar-refractivity contribution is 6.02. The first-order valence-corrected chi connectivity index (χ1v) is 9.09. The number of hydrogen-bond acceptors (Lipinski definition) is 4. The summed E-state index contributed by atoms with van der Waals surface area (Å²) >= 11 is 0. The Kier molecular flexibility index (Phi) is 6.33. The van der Waals surface area contributed by atoms with Gasteiger partial charge in [0.1, 0.15) is 0 Å². The number of carbonyl (C=O) groups is 2. The van der Waals surface area contributed by atoms with Crippen LogP contribution in [-0.4, -0.2) is 47.1 Å². The molecule has 1 heterocycles. The summed E-state index contributed by atoms with van der Waals surface area (Å²) in [7, 11) is 0. The second kappa shape index (κ2) is 9.09. The lowest BCUT2D eigenvalue weighted by atomic mass is 10.1. The van der Waals surface area contributed by atoms with Crippen LogP contribution in [0.15, 0.2) is 65.8 Å². The molecule has 0 aliphatic carbocycles. The Labute approximate surface area is 159 Å².